The van der Waals surface area contributed by atoms with E-state index in [9.17, 15) is 24.5 Å². The minimum atomic E-state index is -0.670. The summed E-state index contributed by atoms with van der Waals surface area (Å²) in [6.07, 6.45) is 1.24. The molecule has 0 heterocycles. The summed E-state index contributed by atoms with van der Waals surface area (Å²) in [4.78, 5) is 46.4. The highest BCUT2D eigenvalue weighted by molar-refractivity contribution is 5.81. The molecule has 0 aromatic heterocycles. The fraction of sp³-hybridized carbons (Fsp3) is 0.353. The van der Waals surface area contributed by atoms with Gasteiger partial charge in [-0.2, -0.15) is 0 Å². The van der Waals surface area contributed by atoms with Gasteiger partial charge in [0.2, 0.25) is 5.91 Å². The lowest BCUT2D eigenvalue weighted by molar-refractivity contribution is -0.384. The second-order valence-electron chi connectivity index (χ2n) is 6.09. The van der Waals surface area contributed by atoms with Crippen molar-refractivity contribution >= 4 is 23.6 Å². The Morgan fingerprint density at radius 2 is 1.83 bits per heavy atom. The van der Waals surface area contributed by atoms with Crippen LogP contribution in [0.5, 0.6) is 0 Å². The number of ether oxygens (including phenoxy) is 1. The smallest absolute Gasteiger partial charge is 0.325 e. The second kappa shape index (κ2) is 11.9. The molecule has 0 unspecified atom stereocenters. The molecule has 164 valence electrons. The van der Waals surface area contributed by atoms with E-state index in [1.54, 1.807) is 6.92 Å². The molecule has 0 aliphatic rings. The normalized spacial score (nSPS) is 10.8. The maximum atomic E-state index is 12.5. The molecule has 0 aliphatic carbocycles. The number of nitrogens with two attached hydrogens (primary N) is 3. The number of nitro groups is 1. The van der Waals surface area contributed by atoms with Gasteiger partial charge < -0.3 is 31.4 Å². The van der Waals surface area contributed by atoms with Crippen LogP contribution in [0.3, 0.4) is 0 Å². The lowest BCUT2D eigenvalue weighted by Crippen LogP contribution is -2.44. The van der Waals surface area contributed by atoms with Crippen LogP contribution in [0.4, 0.5) is 10.5 Å². The van der Waals surface area contributed by atoms with E-state index < -0.39 is 22.8 Å². The molecule has 0 atom stereocenters. The third-order valence-corrected chi connectivity index (χ3v) is 3.54. The van der Waals surface area contributed by atoms with Crippen LogP contribution < -0.4 is 22.6 Å². The summed E-state index contributed by atoms with van der Waals surface area (Å²) in [5.41, 5.74) is 11.6. The molecule has 7 N–H and O–H groups in total. The minimum Gasteiger partial charge on any atom is -0.465 e. The number of carbonyl (C=O) groups is 3. The molecular weight excluding hydrogens is 398 g/mol. The van der Waals surface area contributed by atoms with Gasteiger partial charge in [-0.3, -0.25) is 19.7 Å². The molecular formula is C17H25N7O6. The zero-order valence-electron chi connectivity index (χ0n) is 16.4. The Balaban J connectivity index is 2.92. The first-order chi connectivity index (χ1) is 14.1. The lowest BCUT2D eigenvalue weighted by atomic mass is 10.2. The van der Waals surface area contributed by atoms with E-state index in [2.05, 4.69) is 5.32 Å². The zero-order valence-corrected chi connectivity index (χ0v) is 16.4. The van der Waals surface area contributed by atoms with Crippen LogP contribution in [0.15, 0.2) is 36.2 Å². The first-order valence-corrected chi connectivity index (χ1v) is 8.79. The van der Waals surface area contributed by atoms with Gasteiger partial charge in [-0.25, -0.2) is 10.6 Å². The topological polar surface area (TPSA) is 200 Å². The first kappa shape index (κ1) is 24.2. The Kier molecular flexibility index (Phi) is 9.55. The summed E-state index contributed by atoms with van der Waals surface area (Å²) in [7, 11) is 0. The number of non-ortho nitro benzene ring substituents is 1. The standard InChI is InChI=1S/C17H25N7O6/c1-2-30-16(26)7-21-17(27)22(9-13(18)10-23(20)11-15(19)25)8-12-3-5-14(6-4-12)24(28)29/h3-6,10H,2,7-9,11,18,20H2,1H3,(H2,19,25)(H,21,27)/b13-10-. The third-order valence-electron chi connectivity index (χ3n) is 3.54. The monoisotopic (exact) mass is 423 g/mol. The van der Waals surface area contributed by atoms with Crippen molar-refractivity contribution in [2.75, 3.05) is 26.2 Å². The highest BCUT2D eigenvalue weighted by Gasteiger charge is 2.17. The molecule has 0 aliphatic heterocycles. The van der Waals surface area contributed by atoms with Crippen molar-refractivity contribution in [3.63, 3.8) is 0 Å². The lowest BCUT2D eigenvalue weighted by Gasteiger charge is -2.24. The largest absolute Gasteiger partial charge is 0.465 e. The number of nitro benzene ring substituents is 1. The van der Waals surface area contributed by atoms with Crippen LogP contribution >= 0.6 is 0 Å². The first-order valence-electron chi connectivity index (χ1n) is 8.79. The number of hydrogen-bond acceptors (Lipinski definition) is 9. The van der Waals surface area contributed by atoms with Gasteiger partial charge in [-0.05, 0) is 12.5 Å². The number of amides is 3. The number of urea groups is 1. The molecule has 30 heavy (non-hydrogen) atoms. The predicted molar refractivity (Wildman–Crippen MR) is 106 cm³/mol. The maximum Gasteiger partial charge on any atom is 0.325 e. The second-order valence-corrected chi connectivity index (χ2v) is 6.09. The summed E-state index contributed by atoms with van der Waals surface area (Å²) in [6.45, 7) is 1.09. The maximum absolute atomic E-state index is 12.5. The van der Waals surface area contributed by atoms with E-state index in [4.69, 9.17) is 22.0 Å². The van der Waals surface area contributed by atoms with Crippen molar-refractivity contribution in [1.82, 2.24) is 15.2 Å². The van der Waals surface area contributed by atoms with Crippen LogP contribution in [-0.2, 0) is 20.9 Å². The Hall–Kier alpha value is -3.87. The summed E-state index contributed by atoms with van der Waals surface area (Å²) in [6, 6.07) is 4.96. The molecule has 1 aromatic rings. The number of hydrazine groups is 1. The Morgan fingerprint density at radius 1 is 1.20 bits per heavy atom. The number of nitrogens with zero attached hydrogens (tertiary/aromatic N) is 3. The van der Waals surface area contributed by atoms with Crippen molar-refractivity contribution < 1.29 is 24.0 Å². The molecule has 0 radical (unpaired) electrons. The average molecular weight is 423 g/mol. The van der Waals surface area contributed by atoms with Crippen molar-refractivity contribution in [2.24, 2.45) is 17.3 Å². The number of benzene rings is 1. The molecule has 1 aromatic carbocycles. The van der Waals surface area contributed by atoms with Crippen molar-refractivity contribution in [1.29, 1.82) is 0 Å². The van der Waals surface area contributed by atoms with Crippen molar-refractivity contribution in [2.45, 2.75) is 13.5 Å². The van der Waals surface area contributed by atoms with Crippen molar-refractivity contribution in [3.05, 3.63) is 51.8 Å². The molecule has 1 rings (SSSR count). The van der Waals surface area contributed by atoms with E-state index in [1.165, 1.54) is 35.4 Å². The molecule has 13 nitrogen and oxygen atoms in total. The summed E-state index contributed by atoms with van der Waals surface area (Å²) in [5, 5.41) is 14.2. The van der Waals surface area contributed by atoms with Crippen LogP contribution in [0.25, 0.3) is 0 Å². The van der Waals surface area contributed by atoms with Crippen LogP contribution in [0.2, 0.25) is 0 Å². The van der Waals surface area contributed by atoms with Gasteiger partial charge in [-0.1, -0.05) is 12.1 Å². The van der Waals surface area contributed by atoms with Crippen LogP contribution in [0, 0.1) is 10.1 Å². The number of carbonyl (C=O) groups excluding carboxylic acids is 3. The van der Waals surface area contributed by atoms with Gasteiger partial charge in [-0.15, -0.1) is 0 Å². The van der Waals surface area contributed by atoms with Gasteiger partial charge in [0.05, 0.1) is 18.1 Å². The zero-order chi connectivity index (χ0) is 22.7. The van der Waals surface area contributed by atoms with Crippen molar-refractivity contribution in [3.8, 4) is 0 Å². The Bertz CT molecular complexity index is 796. The molecule has 0 saturated heterocycles. The summed E-state index contributed by atoms with van der Waals surface area (Å²) in [5.74, 6) is 4.31. The number of rotatable bonds is 11. The van der Waals surface area contributed by atoms with Gasteiger partial charge in [0.25, 0.3) is 5.69 Å². The number of esters is 1. The number of primary amides is 1. The molecule has 0 saturated carbocycles. The Morgan fingerprint density at radius 3 is 2.37 bits per heavy atom. The summed E-state index contributed by atoms with van der Waals surface area (Å²) >= 11 is 0. The van der Waals surface area contributed by atoms with E-state index in [1.807, 2.05) is 0 Å². The SMILES string of the molecule is CCOC(=O)CNC(=O)N(C/C(N)=C/N(N)CC(N)=O)Cc1ccc([N+](=O)[O-])cc1. The average Bonchev–Trinajstić information content (AvgIpc) is 2.65. The van der Waals surface area contributed by atoms with Gasteiger partial charge in [0.15, 0.2) is 0 Å². The molecule has 0 bridgehead atoms. The number of nitrogens with one attached hydrogen (secondary N) is 1. The summed E-state index contributed by atoms with van der Waals surface area (Å²) < 4.78 is 4.76. The van der Waals surface area contributed by atoms with Gasteiger partial charge >= 0.3 is 12.0 Å². The minimum absolute atomic E-state index is 0.0293. The molecule has 13 heteroatoms. The van der Waals surface area contributed by atoms with Crippen LogP contribution in [-0.4, -0.2) is 59.0 Å². The predicted octanol–water partition coefficient (Wildman–Crippen LogP) is -0.869. The third kappa shape index (κ3) is 8.88. The van der Waals surface area contributed by atoms with E-state index in [0.29, 0.717) is 5.56 Å². The van der Waals surface area contributed by atoms with Gasteiger partial charge in [0, 0.05) is 30.6 Å². The highest BCUT2D eigenvalue weighted by atomic mass is 16.6. The van der Waals surface area contributed by atoms with Crippen LogP contribution in [0.1, 0.15) is 12.5 Å². The molecule has 0 spiro atoms. The highest BCUT2D eigenvalue weighted by Crippen LogP contribution is 2.14. The molecule has 0 fully saturated rings. The van der Waals surface area contributed by atoms with E-state index >= 15 is 0 Å². The van der Waals surface area contributed by atoms with Gasteiger partial charge in [0.1, 0.15) is 13.1 Å². The van der Waals surface area contributed by atoms with E-state index in [-0.39, 0.29) is 44.2 Å². The fourth-order valence-electron chi connectivity index (χ4n) is 2.31. The van der Waals surface area contributed by atoms with E-state index in [0.717, 1.165) is 5.01 Å². The number of hydrogen-bond donors (Lipinski definition) is 4. The fourth-order valence-corrected chi connectivity index (χ4v) is 2.31. The Labute approximate surface area is 172 Å². The quantitative estimate of drug-likeness (QED) is 0.151. The molecule has 3 amide bonds.